The molecule has 0 aliphatic carbocycles. The zero-order valence-corrected chi connectivity index (χ0v) is 11.0. The lowest BCUT2D eigenvalue weighted by Gasteiger charge is -2.09. The van der Waals surface area contributed by atoms with Gasteiger partial charge in [-0.3, -0.25) is 4.57 Å². The molecule has 100 valence electrons. The Morgan fingerprint density at radius 1 is 1.39 bits per heavy atom. The van der Waals surface area contributed by atoms with Crippen molar-refractivity contribution in [3.8, 4) is 0 Å². The second-order valence-corrected chi connectivity index (χ2v) is 5.60. The topological polar surface area (TPSA) is 98.7 Å². The molecule has 0 saturated carbocycles. The van der Waals surface area contributed by atoms with Gasteiger partial charge in [0.05, 0.1) is 6.16 Å². The lowest BCUT2D eigenvalue weighted by Crippen LogP contribution is -2.31. The van der Waals surface area contributed by atoms with Crippen LogP contribution in [-0.2, 0) is 11.0 Å². The molecule has 0 atom stereocenters. The van der Waals surface area contributed by atoms with Gasteiger partial charge in [0.1, 0.15) is 0 Å². The number of amides is 2. The van der Waals surface area contributed by atoms with Gasteiger partial charge in [-0.2, -0.15) is 0 Å². The molecule has 0 unspecified atom stereocenters. The highest BCUT2D eigenvalue weighted by Crippen LogP contribution is 2.32. The first-order valence-electron chi connectivity index (χ1n) is 5.59. The SMILES string of the molecule is CCc1cccc(NC(=O)NCCP(=O)(O)O)c1. The molecule has 7 heteroatoms. The van der Waals surface area contributed by atoms with Crippen molar-refractivity contribution >= 4 is 19.3 Å². The Morgan fingerprint density at radius 3 is 2.72 bits per heavy atom. The number of rotatable bonds is 5. The van der Waals surface area contributed by atoms with Crippen LogP contribution in [0.3, 0.4) is 0 Å². The Kier molecular flexibility index (Phi) is 5.34. The molecular formula is C11H17N2O4P. The van der Waals surface area contributed by atoms with Gasteiger partial charge in [0.25, 0.3) is 0 Å². The maximum absolute atomic E-state index is 11.4. The molecule has 0 fully saturated rings. The summed E-state index contributed by atoms with van der Waals surface area (Å²) in [5.74, 6) is 0. The second kappa shape index (κ2) is 6.54. The number of hydrogen-bond acceptors (Lipinski definition) is 2. The second-order valence-electron chi connectivity index (χ2n) is 3.82. The van der Waals surface area contributed by atoms with Crippen LogP contribution in [0.1, 0.15) is 12.5 Å². The molecule has 0 aliphatic heterocycles. The highest BCUT2D eigenvalue weighted by Gasteiger charge is 2.12. The Labute approximate surface area is 106 Å². The van der Waals surface area contributed by atoms with E-state index >= 15 is 0 Å². The fraction of sp³-hybridized carbons (Fsp3) is 0.364. The van der Waals surface area contributed by atoms with Crippen LogP contribution < -0.4 is 10.6 Å². The predicted molar refractivity (Wildman–Crippen MR) is 69.8 cm³/mol. The minimum Gasteiger partial charge on any atom is -0.337 e. The summed E-state index contributed by atoms with van der Waals surface area (Å²) in [6, 6.07) is 6.92. The summed E-state index contributed by atoms with van der Waals surface area (Å²) < 4.78 is 10.6. The van der Waals surface area contributed by atoms with Crippen molar-refractivity contribution in [2.24, 2.45) is 0 Å². The van der Waals surface area contributed by atoms with E-state index in [1.54, 1.807) is 6.07 Å². The molecule has 0 aliphatic rings. The molecule has 2 amide bonds. The van der Waals surface area contributed by atoms with Crippen LogP contribution in [0.4, 0.5) is 10.5 Å². The first-order chi connectivity index (χ1) is 8.40. The monoisotopic (exact) mass is 272 g/mol. The lowest BCUT2D eigenvalue weighted by molar-refractivity contribution is 0.252. The van der Waals surface area contributed by atoms with Crippen LogP contribution in [0.2, 0.25) is 0 Å². The van der Waals surface area contributed by atoms with Crippen LogP contribution >= 0.6 is 7.60 Å². The summed E-state index contributed by atoms with van der Waals surface area (Å²) in [5.41, 5.74) is 1.76. The zero-order valence-electron chi connectivity index (χ0n) is 10.1. The number of hydrogen-bond donors (Lipinski definition) is 4. The number of carbonyl (C=O) groups is 1. The number of benzene rings is 1. The van der Waals surface area contributed by atoms with E-state index in [1.807, 2.05) is 25.1 Å². The Hall–Kier alpha value is -1.36. The maximum Gasteiger partial charge on any atom is 0.327 e. The van der Waals surface area contributed by atoms with Gasteiger partial charge in [-0.15, -0.1) is 0 Å². The van der Waals surface area contributed by atoms with Gasteiger partial charge >= 0.3 is 13.6 Å². The molecule has 4 N–H and O–H groups in total. The van der Waals surface area contributed by atoms with Crippen LogP contribution in [0.25, 0.3) is 0 Å². The molecule has 0 aromatic heterocycles. The third kappa shape index (κ3) is 5.82. The van der Waals surface area contributed by atoms with Gasteiger partial charge in [0, 0.05) is 12.2 Å². The smallest absolute Gasteiger partial charge is 0.327 e. The fourth-order valence-corrected chi connectivity index (χ4v) is 1.76. The van der Waals surface area contributed by atoms with Crippen molar-refractivity contribution in [1.29, 1.82) is 0 Å². The molecule has 0 saturated heterocycles. The highest BCUT2D eigenvalue weighted by atomic mass is 31.2. The van der Waals surface area contributed by atoms with Crippen molar-refractivity contribution in [3.05, 3.63) is 29.8 Å². The Balaban J connectivity index is 2.42. The van der Waals surface area contributed by atoms with E-state index in [0.717, 1.165) is 12.0 Å². The quantitative estimate of drug-likeness (QED) is 0.611. The normalized spacial score (nSPS) is 11.1. The van der Waals surface area contributed by atoms with E-state index < -0.39 is 13.6 Å². The van der Waals surface area contributed by atoms with E-state index in [2.05, 4.69) is 10.6 Å². The third-order valence-electron chi connectivity index (χ3n) is 2.28. The van der Waals surface area contributed by atoms with Gasteiger partial charge in [-0.1, -0.05) is 19.1 Å². The molecule has 0 radical (unpaired) electrons. The zero-order chi connectivity index (χ0) is 13.6. The molecule has 18 heavy (non-hydrogen) atoms. The highest BCUT2D eigenvalue weighted by molar-refractivity contribution is 7.51. The van der Waals surface area contributed by atoms with Gasteiger partial charge in [-0.05, 0) is 24.1 Å². The standard InChI is InChI=1S/C11H17N2O4P/c1-2-9-4-3-5-10(8-9)13-11(14)12-6-7-18(15,16)17/h3-5,8H,2,6-7H2,1H3,(H2,12,13,14)(H2,15,16,17). The Morgan fingerprint density at radius 2 is 2.11 bits per heavy atom. The summed E-state index contributed by atoms with van der Waals surface area (Å²) >= 11 is 0. The molecule has 1 rings (SSSR count). The number of nitrogens with one attached hydrogen (secondary N) is 2. The largest absolute Gasteiger partial charge is 0.337 e. The van der Waals surface area contributed by atoms with E-state index in [4.69, 9.17) is 9.79 Å². The molecule has 1 aromatic rings. The molecule has 6 nitrogen and oxygen atoms in total. The molecule has 0 bridgehead atoms. The average molecular weight is 272 g/mol. The molecule has 0 heterocycles. The van der Waals surface area contributed by atoms with Gasteiger partial charge < -0.3 is 20.4 Å². The van der Waals surface area contributed by atoms with Gasteiger partial charge in [-0.25, -0.2) is 4.79 Å². The lowest BCUT2D eigenvalue weighted by atomic mass is 10.1. The molecule has 1 aromatic carbocycles. The van der Waals surface area contributed by atoms with Crippen LogP contribution in [0, 0.1) is 0 Å². The van der Waals surface area contributed by atoms with Crippen LogP contribution in [0.5, 0.6) is 0 Å². The number of urea groups is 1. The number of carbonyl (C=O) groups excluding carboxylic acids is 1. The van der Waals surface area contributed by atoms with Gasteiger partial charge in [0.15, 0.2) is 0 Å². The van der Waals surface area contributed by atoms with Crippen molar-refractivity contribution in [2.75, 3.05) is 18.0 Å². The summed E-state index contributed by atoms with van der Waals surface area (Å²) in [5, 5.41) is 4.98. The van der Waals surface area contributed by atoms with E-state index in [1.165, 1.54) is 0 Å². The predicted octanol–water partition coefficient (Wildman–Crippen LogP) is 1.55. The molecule has 0 spiro atoms. The summed E-state index contributed by atoms with van der Waals surface area (Å²) in [4.78, 5) is 28.7. The minimum atomic E-state index is -4.06. The summed E-state index contributed by atoms with van der Waals surface area (Å²) in [6.07, 6.45) is 0.505. The molecular weight excluding hydrogens is 255 g/mol. The first kappa shape index (κ1) is 14.7. The van der Waals surface area contributed by atoms with Crippen molar-refractivity contribution < 1.29 is 19.1 Å². The van der Waals surface area contributed by atoms with E-state index in [-0.39, 0.29) is 12.7 Å². The average Bonchev–Trinajstić information content (AvgIpc) is 2.27. The fourth-order valence-electron chi connectivity index (χ4n) is 1.36. The number of anilines is 1. The number of aryl methyl sites for hydroxylation is 1. The summed E-state index contributed by atoms with van der Waals surface area (Å²) in [6.45, 7) is 1.95. The maximum atomic E-state index is 11.4. The van der Waals surface area contributed by atoms with E-state index in [9.17, 15) is 9.36 Å². The van der Waals surface area contributed by atoms with E-state index in [0.29, 0.717) is 5.69 Å². The van der Waals surface area contributed by atoms with Crippen molar-refractivity contribution in [1.82, 2.24) is 5.32 Å². The van der Waals surface area contributed by atoms with Crippen LogP contribution in [-0.4, -0.2) is 28.5 Å². The third-order valence-corrected chi connectivity index (χ3v) is 3.09. The minimum absolute atomic E-state index is 0.0659. The van der Waals surface area contributed by atoms with Crippen LogP contribution in [0.15, 0.2) is 24.3 Å². The van der Waals surface area contributed by atoms with Crippen molar-refractivity contribution in [2.45, 2.75) is 13.3 Å². The first-order valence-corrected chi connectivity index (χ1v) is 7.39. The summed E-state index contributed by atoms with van der Waals surface area (Å²) in [7, 11) is -4.06. The van der Waals surface area contributed by atoms with Gasteiger partial charge in [0.2, 0.25) is 0 Å². The van der Waals surface area contributed by atoms with Crippen molar-refractivity contribution in [3.63, 3.8) is 0 Å². The Bertz CT molecular complexity index is 458.